The molecule has 0 aromatic heterocycles. The van der Waals surface area contributed by atoms with Crippen molar-refractivity contribution < 1.29 is 19.9 Å². The predicted octanol–water partition coefficient (Wildman–Crippen LogP) is 0.544. The Morgan fingerprint density at radius 3 is 2.54 bits per heavy atom. The summed E-state index contributed by atoms with van der Waals surface area (Å²) in [5, 5.41) is 21.4. The van der Waals surface area contributed by atoms with Crippen LogP contribution in [0.4, 0.5) is 0 Å². The van der Waals surface area contributed by atoms with Crippen LogP contribution < -0.4 is 0 Å². The number of hydrogen-bond acceptors (Lipinski definition) is 6. The molecular formula is C6H8N2O5. The molecule has 0 spiro atoms. The largest absolute Gasteiger partial charge is 0.478 e. The van der Waals surface area contributed by atoms with Crippen molar-refractivity contribution in [3.8, 4) is 0 Å². The number of hydrogen-bond donors (Lipinski definition) is 2. The van der Waals surface area contributed by atoms with Crippen LogP contribution in [0, 0.1) is 4.91 Å². The van der Waals surface area contributed by atoms with Gasteiger partial charge in [0, 0.05) is 6.08 Å². The first-order valence-electron chi connectivity index (χ1n) is 3.23. The number of nitrogens with zero attached hydrogens (tertiary/aromatic N) is 2. The number of rotatable bonds is 5. The molecule has 0 aliphatic carbocycles. The number of carboxylic acids is 1. The van der Waals surface area contributed by atoms with Gasteiger partial charge >= 0.3 is 5.97 Å². The molecule has 0 aromatic rings. The molecular weight excluding hydrogens is 180 g/mol. The SMILES string of the molecule is CC(ON=O)C(/C=C/C(=O)O)=N/O. The molecule has 13 heavy (non-hydrogen) atoms. The molecule has 0 aliphatic heterocycles. The van der Waals surface area contributed by atoms with Crippen LogP contribution in [0.3, 0.4) is 0 Å². The molecule has 72 valence electrons. The van der Waals surface area contributed by atoms with Gasteiger partial charge in [-0.2, -0.15) is 0 Å². The third-order valence-corrected chi connectivity index (χ3v) is 1.13. The molecule has 2 N–H and O–H groups in total. The Morgan fingerprint density at radius 2 is 2.15 bits per heavy atom. The van der Waals surface area contributed by atoms with Gasteiger partial charge in [0.1, 0.15) is 5.71 Å². The van der Waals surface area contributed by atoms with Crippen LogP contribution in [-0.2, 0) is 9.63 Å². The Kier molecular flexibility index (Phi) is 4.85. The first-order valence-corrected chi connectivity index (χ1v) is 3.23. The zero-order chi connectivity index (χ0) is 10.3. The maximum absolute atomic E-state index is 10.1. The maximum Gasteiger partial charge on any atom is 0.328 e. The van der Waals surface area contributed by atoms with Crippen molar-refractivity contribution in [2.24, 2.45) is 10.5 Å². The molecule has 7 heteroatoms. The minimum Gasteiger partial charge on any atom is -0.478 e. The smallest absolute Gasteiger partial charge is 0.328 e. The average Bonchev–Trinajstić information content (AvgIpc) is 2.05. The Morgan fingerprint density at radius 1 is 1.54 bits per heavy atom. The second kappa shape index (κ2) is 5.70. The van der Waals surface area contributed by atoms with Gasteiger partial charge in [0.05, 0.1) is 0 Å². The molecule has 0 saturated heterocycles. The van der Waals surface area contributed by atoms with Crippen LogP contribution >= 0.6 is 0 Å². The highest BCUT2D eigenvalue weighted by Gasteiger charge is 2.10. The van der Waals surface area contributed by atoms with E-state index in [0.717, 1.165) is 12.2 Å². The monoisotopic (exact) mass is 188 g/mol. The zero-order valence-electron chi connectivity index (χ0n) is 6.75. The molecule has 0 amide bonds. The Balaban J connectivity index is 4.35. The number of aliphatic carboxylic acids is 1. The number of carboxylic acid groups (broad SMARTS) is 1. The van der Waals surface area contributed by atoms with E-state index in [9.17, 15) is 9.70 Å². The fourth-order valence-electron chi connectivity index (χ4n) is 0.525. The molecule has 7 nitrogen and oxygen atoms in total. The molecule has 0 fully saturated rings. The van der Waals surface area contributed by atoms with Crippen LogP contribution in [0.5, 0.6) is 0 Å². The summed E-state index contributed by atoms with van der Waals surface area (Å²) < 4.78 is 0. The summed E-state index contributed by atoms with van der Waals surface area (Å²) in [6.07, 6.45) is 0.857. The quantitative estimate of drug-likeness (QED) is 0.215. The second-order valence-corrected chi connectivity index (χ2v) is 2.02. The van der Waals surface area contributed by atoms with Crippen molar-refractivity contribution in [3.63, 3.8) is 0 Å². The van der Waals surface area contributed by atoms with Crippen molar-refractivity contribution in [1.82, 2.24) is 0 Å². The minimum absolute atomic E-state index is 0.109. The molecule has 0 rings (SSSR count). The average molecular weight is 188 g/mol. The highest BCUT2D eigenvalue weighted by Crippen LogP contribution is 1.97. The lowest BCUT2D eigenvalue weighted by Crippen LogP contribution is -2.16. The van der Waals surface area contributed by atoms with Crippen molar-refractivity contribution in [2.45, 2.75) is 13.0 Å². The summed E-state index contributed by atoms with van der Waals surface area (Å²) in [5.41, 5.74) is -0.109. The lowest BCUT2D eigenvalue weighted by atomic mass is 10.2. The minimum atomic E-state index is -1.20. The summed E-state index contributed by atoms with van der Waals surface area (Å²) in [6, 6.07) is 0. The van der Waals surface area contributed by atoms with E-state index in [1.807, 2.05) is 0 Å². The van der Waals surface area contributed by atoms with Gasteiger partial charge in [-0.05, 0) is 13.0 Å². The third-order valence-electron chi connectivity index (χ3n) is 1.13. The summed E-state index contributed by atoms with van der Waals surface area (Å²) in [7, 11) is 0. The summed E-state index contributed by atoms with van der Waals surface area (Å²) in [4.78, 5) is 23.8. The molecule has 1 unspecified atom stereocenters. The molecule has 0 bridgehead atoms. The lowest BCUT2D eigenvalue weighted by molar-refractivity contribution is -0.131. The van der Waals surface area contributed by atoms with E-state index in [4.69, 9.17) is 10.3 Å². The number of carbonyl (C=O) groups is 1. The topological polar surface area (TPSA) is 109 Å². The third kappa shape index (κ3) is 4.51. The van der Waals surface area contributed by atoms with Gasteiger partial charge in [0.2, 0.25) is 0 Å². The summed E-state index contributed by atoms with van der Waals surface area (Å²) in [6.45, 7) is 1.38. The number of oxime groups is 1. The maximum atomic E-state index is 10.1. The van der Waals surface area contributed by atoms with Crippen LogP contribution in [0.15, 0.2) is 22.6 Å². The van der Waals surface area contributed by atoms with Gasteiger partial charge in [-0.15, -0.1) is 4.91 Å². The van der Waals surface area contributed by atoms with Gasteiger partial charge in [-0.25, -0.2) is 4.79 Å². The Labute approximate surface area is 73.2 Å². The Hall–Kier alpha value is -1.92. The lowest BCUT2D eigenvalue weighted by Gasteiger charge is -2.03. The van der Waals surface area contributed by atoms with Crippen LogP contribution in [0.25, 0.3) is 0 Å². The van der Waals surface area contributed by atoms with Crippen LogP contribution in [0.2, 0.25) is 0 Å². The van der Waals surface area contributed by atoms with E-state index in [-0.39, 0.29) is 5.71 Å². The predicted molar refractivity (Wildman–Crippen MR) is 42.3 cm³/mol. The summed E-state index contributed by atoms with van der Waals surface area (Å²) in [5.74, 6) is -1.20. The van der Waals surface area contributed by atoms with Crippen LogP contribution in [-0.4, -0.2) is 28.1 Å². The van der Waals surface area contributed by atoms with E-state index in [2.05, 4.69) is 15.3 Å². The molecule has 0 saturated carbocycles. The normalized spacial score (nSPS) is 14.1. The molecule has 1 atom stereocenters. The molecule has 0 heterocycles. The highest BCUT2D eigenvalue weighted by molar-refractivity contribution is 6.01. The first kappa shape index (κ1) is 11.1. The fourth-order valence-corrected chi connectivity index (χ4v) is 0.525. The summed E-state index contributed by atoms with van der Waals surface area (Å²) >= 11 is 0. The van der Waals surface area contributed by atoms with Crippen molar-refractivity contribution >= 4 is 11.7 Å². The highest BCUT2D eigenvalue weighted by atomic mass is 16.7. The van der Waals surface area contributed by atoms with Crippen molar-refractivity contribution in [1.29, 1.82) is 0 Å². The van der Waals surface area contributed by atoms with Crippen LogP contribution in [0.1, 0.15) is 6.92 Å². The van der Waals surface area contributed by atoms with Gasteiger partial charge in [-0.1, -0.05) is 5.16 Å². The first-order chi connectivity index (χ1) is 6.11. The van der Waals surface area contributed by atoms with Gasteiger partial charge in [-0.3, -0.25) is 0 Å². The molecule has 0 radical (unpaired) electrons. The Bertz CT molecular complexity index is 247. The standard InChI is InChI=1S/C6H8N2O5/c1-4(13-8-12)5(7-11)2-3-6(9)10/h2-4,11H,1H3,(H,9,10)/b3-2+,7-5+. The van der Waals surface area contributed by atoms with E-state index in [1.54, 1.807) is 0 Å². The van der Waals surface area contributed by atoms with E-state index in [0.29, 0.717) is 0 Å². The zero-order valence-corrected chi connectivity index (χ0v) is 6.75. The van der Waals surface area contributed by atoms with Gasteiger partial charge < -0.3 is 15.2 Å². The van der Waals surface area contributed by atoms with E-state index < -0.39 is 12.1 Å². The van der Waals surface area contributed by atoms with Crippen molar-refractivity contribution in [2.75, 3.05) is 0 Å². The fraction of sp³-hybridized carbons (Fsp3) is 0.333. The van der Waals surface area contributed by atoms with Crippen molar-refractivity contribution in [3.05, 3.63) is 17.1 Å². The molecule has 0 aromatic carbocycles. The molecule has 0 aliphatic rings. The second-order valence-electron chi connectivity index (χ2n) is 2.02. The van der Waals surface area contributed by atoms with E-state index in [1.165, 1.54) is 6.92 Å². The van der Waals surface area contributed by atoms with E-state index >= 15 is 0 Å². The van der Waals surface area contributed by atoms with Gasteiger partial charge in [0.25, 0.3) is 0 Å². The van der Waals surface area contributed by atoms with Gasteiger partial charge in [0.15, 0.2) is 11.4 Å².